The predicted molar refractivity (Wildman–Crippen MR) is 54.4 cm³/mol. The average Bonchev–Trinajstić information content (AvgIpc) is 2.10. The maximum Gasteiger partial charge on any atom is 0.146 e. The van der Waals surface area contributed by atoms with Gasteiger partial charge in [0.2, 0.25) is 0 Å². The van der Waals surface area contributed by atoms with Gasteiger partial charge < -0.3 is 16.6 Å². The van der Waals surface area contributed by atoms with Crippen molar-refractivity contribution in [2.75, 3.05) is 11.5 Å². The van der Waals surface area contributed by atoms with E-state index in [2.05, 4.69) is 0 Å². The highest BCUT2D eigenvalue weighted by Crippen LogP contribution is 2.32. The summed E-state index contributed by atoms with van der Waals surface area (Å²) in [4.78, 5) is 0. The standard InChI is InChI=1S/C10H9FN2O/c11-7-2-1-5-3-6(14)4-8(12)9(5)10(7)13/h1-4,14H,12-13H2. The molecule has 0 atom stereocenters. The van der Waals surface area contributed by atoms with Crippen LogP contribution in [0, 0.1) is 5.82 Å². The largest absolute Gasteiger partial charge is 0.508 e. The fourth-order valence-electron chi connectivity index (χ4n) is 1.49. The second-order valence-corrected chi connectivity index (χ2v) is 3.09. The SMILES string of the molecule is Nc1cc(O)cc2ccc(F)c(N)c12. The van der Waals surface area contributed by atoms with Crippen molar-refractivity contribution in [3.8, 4) is 5.75 Å². The van der Waals surface area contributed by atoms with Crippen LogP contribution in [-0.2, 0) is 0 Å². The molecule has 0 spiro atoms. The zero-order valence-corrected chi connectivity index (χ0v) is 7.29. The monoisotopic (exact) mass is 192 g/mol. The molecule has 0 saturated heterocycles. The third-order valence-electron chi connectivity index (χ3n) is 2.12. The lowest BCUT2D eigenvalue weighted by molar-refractivity contribution is 0.476. The lowest BCUT2D eigenvalue weighted by Gasteiger charge is -2.06. The minimum Gasteiger partial charge on any atom is -0.508 e. The fourth-order valence-corrected chi connectivity index (χ4v) is 1.49. The molecule has 0 amide bonds. The summed E-state index contributed by atoms with van der Waals surface area (Å²) in [5, 5.41) is 10.3. The normalized spacial score (nSPS) is 10.6. The van der Waals surface area contributed by atoms with Crippen LogP contribution < -0.4 is 11.5 Å². The number of halogens is 1. The Morgan fingerprint density at radius 1 is 1.14 bits per heavy atom. The van der Waals surface area contributed by atoms with Crippen molar-refractivity contribution in [3.63, 3.8) is 0 Å². The minimum absolute atomic E-state index is 0.0139. The average molecular weight is 192 g/mol. The highest BCUT2D eigenvalue weighted by molar-refractivity contribution is 6.02. The van der Waals surface area contributed by atoms with Crippen LogP contribution in [0.25, 0.3) is 10.8 Å². The summed E-state index contributed by atoms with van der Waals surface area (Å²) >= 11 is 0. The molecular weight excluding hydrogens is 183 g/mol. The van der Waals surface area contributed by atoms with Gasteiger partial charge in [0.15, 0.2) is 0 Å². The van der Waals surface area contributed by atoms with E-state index in [1.54, 1.807) is 0 Å². The maximum atomic E-state index is 13.1. The fraction of sp³-hybridized carbons (Fsp3) is 0. The first kappa shape index (κ1) is 8.62. The molecule has 0 aliphatic carbocycles. The first-order valence-electron chi connectivity index (χ1n) is 4.06. The number of nitrogen functional groups attached to an aromatic ring is 2. The van der Waals surface area contributed by atoms with Crippen LogP contribution in [0.2, 0.25) is 0 Å². The van der Waals surface area contributed by atoms with Gasteiger partial charge in [-0.2, -0.15) is 0 Å². The maximum absolute atomic E-state index is 13.1. The molecule has 0 unspecified atom stereocenters. The highest BCUT2D eigenvalue weighted by Gasteiger charge is 2.07. The Hall–Kier alpha value is -1.97. The van der Waals surface area contributed by atoms with Gasteiger partial charge in [0.05, 0.1) is 5.69 Å². The molecule has 0 radical (unpaired) electrons. The summed E-state index contributed by atoms with van der Waals surface area (Å²) in [6, 6.07) is 5.60. The number of benzene rings is 2. The van der Waals surface area contributed by atoms with Crippen LogP contribution in [0.15, 0.2) is 24.3 Å². The summed E-state index contributed by atoms with van der Waals surface area (Å²) in [5.74, 6) is -0.462. The molecule has 0 aromatic heterocycles. The third-order valence-corrected chi connectivity index (χ3v) is 2.12. The lowest BCUT2D eigenvalue weighted by Crippen LogP contribution is -1.95. The van der Waals surface area contributed by atoms with Gasteiger partial charge in [0.1, 0.15) is 11.6 Å². The van der Waals surface area contributed by atoms with Gasteiger partial charge in [-0.1, -0.05) is 6.07 Å². The summed E-state index contributed by atoms with van der Waals surface area (Å²) in [7, 11) is 0. The van der Waals surface area contributed by atoms with E-state index in [0.29, 0.717) is 10.8 Å². The second kappa shape index (κ2) is 2.77. The topological polar surface area (TPSA) is 72.3 Å². The first-order chi connectivity index (χ1) is 6.59. The second-order valence-electron chi connectivity index (χ2n) is 3.09. The third kappa shape index (κ3) is 1.12. The van der Waals surface area contributed by atoms with E-state index < -0.39 is 5.82 Å². The number of anilines is 2. The predicted octanol–water partition coefficient (Wildman–Crippen LogP) is 1.85. The molecule has 0 heterocycles. The Balaban J connectivity index is 2.95. The molecule has 5 N–H and O–H groups in total. The number of phenolic OH excluding ortho intramolecular Hbond substituents is 1. The van der Waals surface area contributed by atoms with Gasteiger partial charge in [0.25, 0.3) is 0 Å². The Kier molecular flexibility index (Phi) is 1.70. The van der Waals surface area contributed by atoms with Gasteiger partial charge in [-0.15, -0.1) is 0 Å². The Morgan fingerprint density at radius 3 is 2.57 bits per heavy atom. The molecular formula is C10H9FN2O. The number of fused-ring (bicyclic) bond motifs is 1. The molecule has 0 aliphatic rings. The molecule has 0 bridgehead atoms. The minimum atomic E-state index is -0.505. The van der Waals surface area contributed by atoms with Crippen LogP contribution in [0.5, 0.6) is 5.75 Å². The number of aromatic hydroxyl groups is 1. The molecule has 4 heteroatoms. The van der Waals surface area contributed by atoms with Crippen molar-refractivity contribution >= 4 is 22.1 Å². The van der Waals surface area contributed by atoms with Gasteiger partial charge in [-0.25, -0.2) is 4.39 Å². The smallest absolute Gasteiger partial charge is 0.146 e. The van der Waals surface area contributed by atoms with Crippen molar-refractivity contribution in [2.24, 2.45) is 0 Å². The molecule has 0 fully saturated rings. The van der Waals surface area contributed by atoms with Crippen molar-refractivity contribution in [1.29, 1.82) is 0 Å². The van der Waals surface area contributed by atoms with E-state index in [0.717, 1.165) is 0 Å². The summed E-state index contributed by atoms with van der Waals surface area (Å²) in [6.07, 6.45) is 0. The Bertz CT molecular complexity index is 511. The van der Waals surface area contributed by atoms with Crippen LogP contribution in [-0.4, -0.2) is 5.11 Å². The highest BCUT2D eigenvalue weighted by atomic mass is 19.1. The van der Waals surface area contributed by atoms with E-state index in [1.807, 2.05) is 0 Å². The van der Waals surface area contributed by atoms with Crippen LogP contribution in [0.3, 0.4) is 0 Å². The molecule has 0 aliphatic heterocycles. The molecule has 0 saturated carbocycles. The van der Waals surface area contributed by atoms with Crippen LogP contribution >= 0.6 is 0 Å². The van der Waals surface area contributed by atoms with Crippen LogP contribution in [0.4, 0.5) is 15.8 Å². The summed E-state index contributed by atoms with van der Waals surface area (Å²) in [5.41, 5.74) is 11.4. The van der Waals surface area contributed by atoms with Crippen molar-refractivity contribution in [2.45, 2.75) is 0 Å². The first-order valence-corrected chi connectivity index (χ1v) is 4.06. The van der Waals surface area contributed by atoms with Crippen LogP contribution in [0.1, 0.15) is 0 Å². The quantitative estimate of drug-likeness (QED) is 0.558. The number of hydrogen-bond acceptors (Lipinski definition) is 3. The number of hydrogen-bond donors (Lipinski definition) is 3. The summed E-state index contributed by atoms with van der Waals surface area (Å²) < 4.78 is 13.1. The number of phenols is 1. The van der Waals surface area contributed by atoms with E-state index in [1.165, 1.54) is 24.3 Å². The Labute approximate surface area is 79.8 Å². The molecule has 2 rings (SSSR count). The van der Waals surface area contributed by atoms with E-state index >= 15 is 0 Å². The number of rotatable bonds is 0. The van der Waals surface area contributed by atoms with E-state index in [-0.39, 0.29) is 17.1 Å². The van der Waals surface area contributed by atoms with Gasteiger partial charge in [-0.3, -0.25) is 0 Å². The van der Waals surface area contributed by atoms with Crippen molar-refractivity contribution in [3.05, 3.63) is 30.1 Å². The lowest BCUT2D eigenvalue weighted by atomic mass is 10.1. The van der Waals surface area contributed by atoms with Crippen molar-refractivity contribution < 1.29 is 9.50 Å². The summed E-state index contributed by atoms with van der Waals surface area (Å²) in [6.45, 7) is 0. The number of nitrogens with two attached hydrogens (primary N) is 2. The van der Waals surface area contributed by atoms with Crippen molar-refractivity contribution in [1.82, 2.24) is 0 Å². The zero-order chi connectivity index (χ0) is 10.3. The van der Waals surface area contributed by atoms with E-state index in [9.17, 15) is 9.50 Å². The zero-order valence-electron chi connectivity index (χ0n) is 7.29. The molecule has 2 aromatic rings. The molecule has 72 valence electrons. The molecule has 14 heavy (non-hydrogen) atoms. The van der Waals surface area contributed by atoms with Gasteiger partial charge in [-0.05, 0) is 17.5 Å². The molecule has 2 aromatic carbocycles. The molecule has 3 nitrogen and oxygen atoms in total. The Morgan fingerprint density at radius 2 is 1.86 bits per heavy atom. The van der Waals surface area contributed by atoms with Gasteiger partial charge in [0, 0.05) is 17.1 Å². The van der Waals surface area contributed by atoms with E-state index in [4.69, 9.17) is 11.5 Å². The van der Waals surface area contributed by atoms with Gasteiger partial charge >= 0.3 is 0 Å².